The Balaban J connectivity index is 2.07. The van der Waals surface area contributed by atoms with Crippen LogP contribution in [0.2, 0.25) is 5.02 Å². The average molecular weight is 311 g/mol. The summed E-state index contributed by atoms with van der Waals surface area (Å²) in [6, 6.07) is 4.25. The quantitative estimate of drug-likeness (QED) is 0.635. The molecule has 1 aliphatic rings. The molecule has 0 aromatic heterocycles. The Bertz CT molecular complexity index is 552. The molecule has 1 fully saturated rings. The molecule has 1 saturated heterocycles. The predicted octanol–water partition coefficient (Wildman–Crippen LogP) is 3.30. The Kier molecular flexibility index (Phi) is 4.83. The number of amides is 1. The molecule has 2 atom stereocenters. The molecule has 1 aromatic carbocycles. The Morgan fingerprint density at radius 3 is 2.52 bits per heavy atom. The van der Waals surface area contributed by atoms with Crippen LogP contribution in [0, 0.1) is 22.0 Å². The number of rotatable bonds is 3. The topological polar surface area (TPSA) is 63.5 Å². The molecule has 1 amide bonds. The fraction of sp³-hybridized carbons (Fsp3) is 0.533. The molecular formula is C15H19ClN2O3. The summed E-state index contributed by atoms with van der Waals surface area (Å²) in [7, 11) is 0. The van der Waals surface area contributed by atoms with Gasteiger partial charge in [-0.3, -0.25) is 14.9 Å². The number of likely N-dealkylation sites (tertiary alicyclic amines) is 1. The zero-order valence-electron chi connectivity index (χ0n) is 12.2. The summed E-state index contributed by atoms with van der Waals surface area (Å²) >= 11 is 6.04. The number of carbonyl (C=O) groups excluding carboxylic acids is 1. The van der Waals surface area contributed by atoms with Crippen molar-refractivity contribution in [3.8, 4) is 0 Å². The third-order valence-corrected chi connectivity index (χ3v) is 4.16. The fourth-order valence-electron chi connectivity index (χ4n) is 2.93. The Morgan fingerprint density at radius 1 is 1.38 bits per heavy atom. The summed E-state index contributed by atoms with van der Waals surface area (Å²) in [6.07, 6.45) is 1.33. The van der Waals surface area contributed by atoms with Gasteiger partial charge in [0, 0.05) is 25.2 Å². The lowest BCUT2D eigenvalue weighted by atomic mass is 9.91. The summed E-state index contributed by atoms with van der Waals surface area (Å²) in [6.45, 7) is 5.84. The van der Waals surface area contributed by atoms with Gasteiger partial charge in [0.2, 0.25) is 5.91 Å². The number of nitrogens with zero attached hydrogens (tertiary/aromatic N) is 2. The highest BCUT2D eigenvalue weighted by molar-refractivity contribution is 6.31. The van der Waals surface area contributed by atoms with Crippen molar-refractivity contribution >= 4 is 23.2 Å². The third kappa shape index (κ3) is 3.94. The Labute approximate surface area is 129 Å². The number of hydrogen-bond acceptors (Lipinski definition) is 3. The number of carbonyl (C=O) groups is 1. The van der Waals surface area contributed by atoms with E-state index >= 15 is 0 Å². The van der Waals surface area contributed by atoms with Gasteiger partial charge in [0.15, 0.2) is 0 Å². The monoisotopic (exact) mass is 310 g/mol. The van der Waals surface area contributed by atoms with E-state index < -0.39 is 4.92 Å². The molecule has 114 valence electrons. The fourth-order valence-corrected chi connectivity index (χ4v) is 3.18. The highest BCUT2D eigenvalue weighted by atomic mass is 35.5. The molecule has 1 heterocycles. The maximum Gasteiger partial charge on any atom is 0.270 e. The van der Waals surface area contributed by atoms with Gasteiger partial charge < -0.3 is 4.90 Å². The van der Waals surface area contributed by atoms with Crippen molar-refractivity contribution in [1.29, 1.82) is 0 Å². The molecule has 6 heteroatoms. The maximum atomic E-state index is 12.4. The molecular weight excluding hydrogens is 292 g/mol. The van der Waals surface area contributed by atoms with Crippen LogP contribution in [-0.2, 0) is 11.2 Å². The summed E-state index contributed by atoms with van der Waals surface area (Å²) < 4.78 is 0. The van der Waals surface area contributed by atoms with Crippen LogP contribution in [0.4, 0.5) is 5.69 Å². The lowest BCUT2D eigenvalue weighted by molar-refractivity contribution is -0.384. The highest BCUT2D eigenvalue weighted by Gasteiger charge is 2.25. The Morgan fingerprint density at radius 2 is 2.00 bits per heavy atom. The van der Waals surface area contributed by atoms with Crippen molar-refractivity contribution in [3.63, 3.8) is 0 Å². The molecule has 2 unspecified atom stereocenters. The van der Waals surface area contributed by atoms with Gasteiger partial charge in [-0.05, 0) is 23.8 Å². The molecule has 0 bridgehead atoms. The SMILES string of the molecule is CC1CC(C)CN(C(=O)Cc2ccc([N+](=O)[O-])cc2Cl)C1. The van der Waals surface area contributed by atoms with E-state index in [1.165, 1.54) is 12.1 Å². The van der Waals surface area contributed by atoms with E-state index in [4.69, 9.17) is 11.6 Å². The largest absolute Gasteiger partial charge is 0.342 e. The average Bonchev–Trinajstić information content (AvgIpc) is 2.39. The minimum Gasteiger partial charge on any atom is -0.342 e. The first-order valence-corrected chi connectivity index (χ1v) is 7.45. The van der Waals surface area contributed by atoms with Crippen LogP contribution in [0.1, 0.15) is 25.8 Å². The minimum atomic E-state index is -0.495. The molecule has 0 N–H and O–H groups in total. The smallest absolute Gasteiger partial charge is 0.270 e. The van der Waals surface area contributed by atoms with Crippen LogP contribution in [0.3, 0.4) is 0 Å². The second-order valence-electron chi connectivity index (χ2n) is 5.95. The van der Waals surface area contributed by atoms with Gasteiger partial charge in [-0.25, -0.2) is 0 Å². The van der Waals surface area contributed by atoms with Crippen molar-refractivity contribution in [2.24, 2.45) is 11.8 Å². The minimum absolute atomic E-state index is 0.0316. The van der Waals surface area contributed by atoms with Crippen LogP contribution in [0.5, 0.6) is 0 Å². The van der Waals surface area contributed by atoms with Crippen LogP contribution in [0.25, 0.3) is 0 Å². The van der Waals surface area contributed by atoms with Crippen LogP contribution < -0.4 is 0 Å². The number of piperidine rings is 1. The summed E-state index contributed by atoms with van der Waals surface area (Å²) in [5.74, 6) is 1.04. The van der Waals surface area contributed by atoms with E-state index in [2.05, 4.69) is 13.8 Å². The number of non-ortho nitro benzene ring substituents is 1. The van der Waals surface area contributed by atoms with Gasteiger partial charge in [-0.2, -0.15) is 0 Å². The van der Waals surface area contributed by atoms with Gasteiger partial charge in [0.25, 0.3) is 5.69 Å². The summed E-state index contributed by atoms with van der Waals surface area (Å²) in [5.41, 5.74) is 0.578. The van der Waals surface area contributed by atoms with E-state index in [9.17, 15) is 14.9 Å². The van der Waals surface area contributed by atoms with Crippen LogP contribution >= 0.6 is 11.6 Å². The number of benzene rings is 1. The zero-order valence-corrected chi connectivity index (χ0v) is 13.0. The third-order valence-electron chi connectivity index (χ3n) is 3.81. The zero-order chi connectivity index (χ0) is 15.6. The van der Waals surface area contributed by atoms with E-state index in [1.807, 2.05) is 4.90 Å². The lowest BCUT2D eigenvalue weighted by Gasteiger charge is -2.35. The second-order valence-corrected chi connectivity index (χ2v) is 6.36. The van der Waals surface area contributed by atoms with E-state index in [-0.39, 0.29) is 23.0 Å². The first kappa shape index (κ1) is 15.8. The highest BCUT2D eigenvalue weighted by Crippen LogP contribution is 2.25. The number of nitro benzene ring substituents is 1. The molecule has 5 nitrogen and oxygen atoms in total. The summed E-state index contributed by atoms with van der Waals surface area (Å²) in [5, 5.41) is 11.0. The van der Waals surface area contributed by atoms with Gasteiger partial charge >= 0.3 is 0 Å². The number of hydrogen-bond donors (Lipinski definition) is 0. The van der Waals surface area contributed by atoms with E-state index in [1.54, 1.807) is 6.07 Å². The molecule has 1 aromatic rings. The first-order valence-electron chi connectivity index (χ1n) is 7.07. The van der Waals surface area contributed by atoms with Gasteiger partial charge in [-0.15, -0.1) is 0 Å². The summed E-state index contributed by atoms with van der Waals surface area (Å²) in [4.78, 5) is 24.4. The van der Waals surface area contributed by atoms with Crippen LogP contribution in [-0.4, -0.2) is 28.8 Å². The molecule has 2 rings (SSSR count). The second kappa shape index (κ2) is 6.43. The number of halogens is 1. The molecule has 0 spiro atoms. The normalized spacial score (nSPS) is 22.1. The van der Waals surface area contributed by atoms with Crippen molar-refractivity contribution in [1.82, 2.24) is 4.90 Å². The molecule has 0 radical (unpaired) electrons. The maximum absolute atomic E-state index is 12.4. The van der Waals surface area contributed by atoms with E-state index in [0.29, 0.717) is 17.4 Å². The first-order chi connectivity index (χ1) is 9.86. The van der Waals surface area contributed by atoms with Crippen molar-refractivity contribution < 1.29 is 9.72 Å². The molecule has 0 saturated carbocycles. The van der Waals surface area contributed by atoms with E-state index in [0.717, 1.165) is 19.5 Å². The van der Waals surface area contributed by atoms with Crippen LogP contribution in [0.15, 0.2) is 18.2 Å². The number of nitro groups is 1. The van der Waals surface area contributed by atoms with Gasteiger partial charge in [0.1, 0.15) is 0 Å². The van der Waals surface area contributed by atoms with Crippen molar-refractivity contribution in [2.45, 2.75) is 26.7 Å². The molecule has 0 aliphatic carbocycles. The van der Waals surface area contributed by atoms with Gasteiger partial charge in [0.05, 0.1) is 16.4 Å². The molecule has 21 heavy (non-hydrogen) atoms. The van der Waals surface area contributed by atoms with Crippen molar-refractivity contribution in [3.05, 3.63) is 38.9 Å². The Hall–Kier alpha value is -1.62. The molecule has 1 aliphatic heterocycles. The van der Waals surface area contributed by atoms with Crippen molar-refractivity contribution in [2.75, 3.05) is 13.1 Å². The lowest BCUT2D eigenvalue weighted by Crippen LogP contribution is -2.43. The standard InChI is InChI=1S/C15H19ClN2O3/c1-10-5-11(2)9-17(8-10)15(19)6-12-3-4-13(18(20)21)7-14(12)16/h3-4,7,10-11H,5-6,8-9H2,1-2H3. The predicted molar refractivity (Wildman–Crippen MR) is 81.3 cm³/mol. The van der Waals surface area contributed by atoms with Gasteiger partial charge in [-0.1, -0.05) is 31.5 Å².